The molecule has 1 unspecified atom stereocenters. The number of nitrogens with zero attached hydrogens (tertiary/aromatic N) is 2. The van der Waals surface area contributed by atoms with E-state index in [1.807, 2.05) is 0 Å². The molecule has 1 aliphatic rings. The van der Waals surface area contributed by atoms with E-state index in [1.54, 1.807) is 12.3 Å². The Morgan fingerprint density at radius 1 is 1.56 bits per heavy atom. The molecule has 0 bridgehead atoms. The molecular formula is C10H14N4O2S2. The number of thiocarbonyl (C=S) groups is 1. The lowest BCUT2D eigenvalue weighted by molar-refractivity contribution is 0.561. The number of sulfone groups is 1. The molecular weight excluding hydrogens is 272 g/mol. The van der Waals surface area contributed by atoms with Gasteiger partial charge in [-0.15, -0.1) is 0 Å². The van der Waals surface area contributed by atoms with E-state index in [0.29, 0.717) is 18.1 Å². The highest BCUT2D eigenvalue weighted by atomic mass is 32.2. The van der Waals surface area contributed by atoms with Gasteiger partial charge in [-0.25, -0.2) is 18.4 Å². The molecule has 0 saturated carbocycles. The molecule has 18 heavy (non-hydrogen) atoms. The van der Waals surface area contributed by atoms with E-state index in [1.165, 1.54) is 0 Å². The predicted molar refractivity (Wildman–Crippen MR) is 73.2 cm³/mol. The van der Waals surface area contributed by atoms with Crippen molar-refractivity contribution >= 4 is 33.0 Å². The van der Waals surface area contributed by atoms with Crippen LogP contribution in [0, 0.1) is 0 Å². The largest absolute Gasteiger partial charge is 0.388 e. The molecule has 6 nitrogen and oxygen atoms in total. The van der Waals surface area contributed by atoms with Gasteiger partial charge in [-0.05, 0) is 18.9 Å². The molecule has 0 radical (unpaired) electrons. The fourth-order valence-corrected chi connectivity index (χ4v) is 3.63. The van der Waals surface area contributed by atoms with Gasteiger partial charge < -0.3 is 11.1 Å². The Bertz CT molecular complexity index is 559. The topological polar surface area (TPSA) is 98.0 Å². The lowest BCUT2D eigenvalue weighted by Gasteiger charge is -2.22. The third-order valence-corrected chi connectivity index (χ3v) is 4.73. The monoisotopic (exact) mass is 286 g/mol. The van der Waals surface area contributed by atoms with Gasteiger partial charge >= 0.3 is 0 Å². The number of hydrogen-bond acceptors (Lipinski definition) is 6. The highest BCUT2D eigenvalue weighted by Crippen LogP contribution is 2.15. The van der Waals surface area contributed by atoms with E-state index in [0.717, 1.165) is 6.42 Å². The molecule has 1 fully saturated rings. The van der Waals surface area contributed by atoms with Gasteiger partial charge in [-0.1, -0.05) is 12.2 Å². The quantitative estimate of drug-likeness (QED) is 0.760. The molecule has 0 spiro atoms. The molecule has 2 heterocycles. The third kappa shape index (κ3) is 3.36. The van der Waals surface area contributed by atoms with E-state index in [9.17, 15) is 8.42 Å². The van der Waals surface area contributed by atoms with Gasteiger partial charge in [0.2, 0.25) is 5.95 Å². The zero-order valence-corrected chi connectivity index (χ0v) is 11.3. The third-order valence-electron chi connectivity index (χ3n) is 2.70. The normalized spacial score (nSPS) is 22.3. The van der Waals surface area contributed by atoms with Crippen LogP contribution < -0.4 is 11.1 Å². The van der Waals surface area contributed by atoms with Crippen LogP contribution in [-0.2, 0) is 9.84 Å². The van der Waals surface area contributed by atoms with Crippen molar-refractivity contribution in [1.29, 1.82) is 0 Å². The Balaban J connectivity index is 2.09. The summed E-state index contributed by atoms with van der Waals surface area (Å²) in [4.78, 5) is 8.35. The maximum Gasteiger partial charge on any atom is 0.223 e. The Kier molecular flexibility index (Phi) is 3.76. The lowest BCUT2D eigenvalue weighted by Crippen LogP contribution is -2.35. The minimum Gasteiger partial charge on any atom is -0.388 e. The van der Waals surface area contributed by atoms with E-state index >= 15 is 0 Å². The van der Waals surface area contributed by atoms with Crippen LogP contribution in [0.5, 0.6) is 0 Å². The lowest BCUT2D eigenvalue weighted by atomic mass is 10.2. The van der Waals surface area contributed by atoms with Crippen LogP contribution in [0.25, 0.3) is 0 Å². The summed E-state index contributed by atoms with van der Waals surface area (Å²) >= 11 is 4.83. The molecule has 1 aromatic rings. The SMILES string of the molecule is NC(=S)c1ccnc(NC2CCCS(=O)(=O)C2)n1. The van der Waals surface area contributed by atoms with Crippen molar-refractivity contribution in [2.24, 2.45) is 5.73 Å². The Hall–Kier alpha value is -1.28. The van der Waals surface area contributed by atoms with Crippen LogP contribution in [0.4, 0.5) is 5.95 Å². The summed E-state index contributed by atoms with van der Waals surface area (Å²) < 4.78 is 23.0. The molecule has 0 aliphatic carbocycles. The van der Waals surface area contributed by atoms with Gasteiger partial charge in [0.25, 0.3) is 0 Å². The predicted octanol–water partition coefficient (Wildman–Crippen LogP) is 0.0999. The standard InChI is InChI=1S/C10H14N4O2S2/c11-9(17)8-3-4-12-10(14-8)13-7-2-1-5-18(15,16)6-7/h3-4,7H,1-2,5-6H2,(H2,11,17)(H,12,13,14). The summed E-state index contributed by atoms with van der Waals surface area (Å²) in [5, 5.41) is 3.02. The molecule has 1 atom stereocenters. The maximum atomic E-state index is 11.5. The first-order valence-corrected chi connectivity index (χ1v) is 7.79. The molecule has 98 valence electrons. The van der Waals surface area contributed by atoms with Gasteiger partial charge in [0.1, 0.15) is 10.7 Å². The van der Waals surface area contributed by atoms with E-state index in [2.05, 4.69) is 15.3 Å². The zero-order valence-electron chi connectivity index (χ0n) is 9.67. The molecule has 0 amide bonds. The maximum absolute atomic E-state index is 11.5. The average Bonchev–Trinajstić information content (AvgIpc) is 2.28. The van der Waals surface area contributed by atoms with Crippen molar-refractivity contribution in [1.82, 2.24) is 9.97 Å². The van der Waals surface area contributed by atoms with Crippen LogP contribution in [-0.4, -0.2) is 40.9 Å². The fraction of sp³-hybridized carbons (Fsp3) is 0.500. The number of hydrogen-bond donors (Lipinski definition) is 2. The molecule has 1 saturated heterocycles. The number of nitrogens with one attached hydrogen (secondary N) is 1. The highest BCUT2D eigenvalue weighted by Gasteiger charge is 2.25. The molecule has 1 aromatic heterocycles. The van der Waals surface area contributed by atoms with E-state index in [4.69, 9.17) is 18.0 Å². The second kappa shape index (κ2) is 5.15. The summed E-state index contributed by atoms with van der Waals surface area (Å²) in [6.07, 6.45) is 3.00. The van der Waals surface area contributed by atoms with Gasteiger partial charge in [0.15, 0.2) is 9.84 Å². The first-order chi connectivity index (χ1) is 8.46. The highest BCUT2D eigenvalue weighted by molar-refractivity contribution is 7.91. The Morgan fingerprint density at radius 3 is 3.00 bits per heavy atom. The van der Waals surface area contributed by atoms with Crippen LogP contribution in [0.3, 0.4) is 0 Å². The van der Waals surface area contributed by atoms with Crippen LogP contribution in [0.2, 0.25) is 0 Å². The van der Waals surface area contributed by atoms with Gasteiger partial charge in [0, 0.05) is 12.2 Å². The second-order valence-electron chi connectivity index (χ2n) is 4.23. The van der Waals surface area contributed by atoms with Crippen molar-refractivity contribution in [2.45, 2.75) is 18.9 Å². The minimum absolute atomic E-state index is 0.119. The van der Waals surface area contributed by atoms with Gasteiger partial charge in [-0.3, -0.25) is 0 Å². The number of aromatic nitrogens is 2. The summed E-state index contributed by atoms with van der Waals surface area (Å²) in [5.41, 5.74) is 5.95. The Morgan fingerprint density at radius 2 is 2.33 bits per heavy atom. The Labute approximate surface area is 111 Å². The van der Waals surface area contributed by atoms with Crippen molar-refractivity contribution < 1.29 is 8.42 Å². The van der Waals surface area contributed by atoms with Crippen molar-refractivity contribution in [3.8, 4) is 0 Å². The van der Waals surface area contributed by atoms with Gasteiger partial charge in [-0.2, -0.15) is 0 Å². The molecule has 8 heteroatoms. The molecule has 3 N–H and O–H groups in total. The first kappa shape index (κ1) is 13.2. The summed E-state index contributed by atoms with van der Waals surface area (Å²) in [6.45, 7) is 0. The fourth-order valence-electron chi connectivity index (χ4n) is 1.88. The van der Waals surface area contributed by atoms with E-state index < -0.39 is 9.84 Å². The zero-order chi connectivity index (χ0) is 13.2. The summed E-state index contributed by atoms with van der Waals surface area (Å²) in [6, 6.07) is 1.47. The van der Waals surface area contributed by atoms with E-state index in [-0.39, 0.29) is 22.5 Å². The molecule has 0 aromatic carbocycles. The van der Waals surface area contributed by atoms with Crippen molar-refractivity contribution in [3.63, 3.8) is 0 Å². The summed E-state index contributed by atoms with van der Waals surface area (Å²) in [5.74, 6) is 0.745. The van der Waals surface area contributed by atoms with Crippen molar-refractivity contribution in [2.75, 3.05) is 16.8 Å². The van der Waals surface area contributed by atoms with Crippen LogP contribution >= 0.6 is 12.2 Å². The van der Waals surface area contributed by atoms with Crippen molar-refractivity contribution in [3.05, 3.63) is 18.0 Å². The molecule has 1 aliphatic heterocycles. The second-order valence-corrected chi connectivity index (χ2v) is 6.90. The van der Waals surface area contributed by atoms with Crippen LogP contribution in [0.15, 0.2) is 12.3 Å². The number of anilines is 1. The number of rotatable bonds is 3. The smallest absolute Gasteiger partial charge is 0.223 e. The summed E-state index contributed by atoms with van der Waals surface area (Å²) in [7, 11) is -2.95. The average molecular weight is 286 g/mol. The van der Waals surface area contributed by atoms with Gasteiger partial charge in [0.05, 0.1) is 11.5 Å². The first-order valence-electron chi connectivity index (χ1n) is 5.56. The minimum atomic E-state index is -2.95. The number of nitrogens with two attached hydrogens (primary N) is 1. The van der Waals surface area contributed by atoms with Crippen LogP contribution in [0.1, 0.15) is 18.5 Å². The molecule has 2 rings (SSSR count).